The molecular weight excluding hydrogens is 240 g/mol. The second-order valence-corrected chi connectivity index (χ2v) is 5.04. The Labute approximate surface area is 103 Å². The van der Waals surface area contributed by atoms with Crippen LogP contribution in [0.15, 0.2) is 18.3 Å². The van der Waals surface area contributed by atoms with E-state index in [-0.39, 0.29) is 0 Å². The topological polar surface area (TPSA) is 68.3 Å². The highest BCUT2D eigenvalue weighted by Crippen LogP contribution is 2.01. The van der Waals surface area contributed by atoms with Crippen molar-refractivity contribution >= 4 is 16.8 Å². The quantitative estimate of drug-likeness (QED) is 0.587. The monoisotopic (exact) mass is 256 g/mol. The number of ether oxygens (including phenoxy) is 1. The summed E-state index contributed by atoms with van der Waals surface area (Å²) in [6, 6.07) is 3.44. The standard InChI is InChI=1S/C11H16N2O3S/c1-16-11(14)9-3-4-10(13-7-9)8-12-5-6-17(2)15/h3-4,7,12H,5-6,8H2,1-2H3. The molecule has 5 nitrogen and oxygen atoms in total. The van der Waals surface area contributed by atoms with Gasteiger partial charge >= 0.3 is 5.97 Å². The van der Waals surface area contributed by atoms with Gasteiger partial charge in [-0.2, -0.15) is 0 Å². The van der Waals surface area contributed by atoms with E-state index < -0.39 is 16.8 Å². The van der Waals surface area contributed by atoms with Crippen LogP contribution in [0.2, 0.25) is 0 Å². The molecule has 94 valence electrons. The number of carbonyl (C=O) groups excluding carboxylic acids is 1. The van der Waals surface area contributed by atoms with Crippen molar-refractivity contribution < 1.29 is 13.7 Å². The lowest BCUT2D eigenvalue weighted by molar-refractivity contribution is 0.0600. The first-order valence-electron chi connectivity index (χ1n) is 5.17. The van der Waals surface area contributed by atoms with Gasteiger partial charge < -0.3 is 10.1 Å². The maximum atomic E-state index is 11.1. The summed E-state index contributed by atoms with van der Waals surface area (Å²) >= 11 is 0. The van der Waals surface area contributed by atoms with E-state index in [9.17, 15) is 9.00 Å². The van der Waals surface area contributed by atoms with Crippen molar-refractivity contribution in [3.63, 3.8) is 0 Å². The number of methoxy groups -OCH3 is 1. The van der Waals surface area contributed by atoms with Gasteiger partial charge in [0.25, 0.3) is 0 Å². The molecule has 0 aliphatic heterocycles. The summed E-state index contributed by atoms with van der Waals surface area (Å²) in [6.07, 6.45) is 3.16. The molecule has 0 fully saturated rings. The average molecular weight is 256 g/mol. The van der Waals surface area contributed by atoms with Crippen molar-refractivity contribution in [1.29, 1.82) is 0 Å². The molecule has 0 saturated heterocycles. The fraction of sp³-hybridized carbons (Fsp3) is 0.455. The van der Waals surface area contributed by atoms with Crippen LogP contribution in [0.3, 0.4) is 0 Å². The minimum absolute atomic E-state index is 0.390. The third kappa shape index (κ3) is 5.06. The summed E-state index contributed by atoms with van der Waals surface area (Å²) in [6.45, 7) is 1.28. The first-order chi connectivity index (χ1) is 8.13. The lowest BCUT2D eigenvalue weighted by Crippen LogP contribution is -2.20. The summed E-state index contributed by atoms with van der Waals surface area (Å²) in [5.74, 6) is 0.235. The Morgan fingerprint density at radius 2 is 2.29 bits per heavy atom. The molecule has 1 aromatic heterocycles. The second-order valence-electron chi connectivity index (χ2n) is 3.48. The van der Waals surface area contributed by atoms with Gasteiger partial charge in [0.2, 0.25) is 0 Å². The Morgan fingerprint density at radius 3 is 2.82 bits per heavy atom. The predicted octanol–water partition coefficient (Wildman–Crippen LogP) is 0.336. The normalized spacial score (nSPS) is 12.1. The fourth-order valence-corrected chi connectivity index (χ4v) is 1.63. The van der Waals surface area contributed by atoms with Crippen molar-refractivity contribution in [3.05, 3.63) is 29.6 Å². The van der Waals surface area contributed by atoms with Crippen molar-refractivity contribution in [1.82, 2.24) is 10.3 Å². The van der Waals surface area contributed by atoms with Gasteiger partial charge in [-0.3, -0.25) is 9.19 Å². The molecule has 1 rings (SSSR count). The summed E-state index contributed by atoms with van der Waals surface area (Å²) < 4.78 is 15.4. The highest BCUT2D eigenvalue weighted by Gasteiger charge is 2.04. The second kappa shape index (κ2) is 7.13. The van der Waals surface area contributed by atoms with E-state index in [4.69, 9.17) is 0 Å². The molecule has 6 heteroatoms. The minimum Gasteiger partial charge on any atom is -0.465 e. The Kier molecular flexibility index (Phi) is 5.79. The van der Waals surface area contributed by atoms with Crippen LogP contribution in [0.5, 0.6) is 0 Å². The van der Waals surface area contributed by atoms with Gasteiger partial charge in [-0.1, -0.05) is 0 Å². The van der Waals surface area contributed by atoms with E-state index in [0.717, 1.165) is 5.69 Å². The van der Waals surface area contributed by atoms with Gasteiger partial charge in [-0.25, -0.2) is 4.79 Å². The number of hydrogen-bond acceptors (Lipinski definition) is 5. The molecule has 1 unspecified atom stereocenters. The van der Waals surface area contributed by atoms with Crippen molar-refractivity contribution in [3.8, 4) is 0 Å². The zero-order valence-electron chi connectivity index (χ0n) is 9.93. The fourth-order valence-electron chi connectivity index (χ4n) is 1.20. The Balaban J connectivity index is 2.40. The van der Waals surface area contributed by atoms with Crippen molar-refractivity contribution in [2.45, 2.75) is 6.54 Å². The Bertz CT molecular complexity index is 392. The summed E-state index contributed by atoms with van der Waals surface area (Å²) in [4.78, 5) is 15.3. The molecular formula is C11H16N2O3S. The molecule has 0 amide bonds. The molecule has 0 aliphatic carbocycles. The van der Waals surface area contributed by atoms with Gasteiger partial charge in [-0.05, 0) is 12.1 Å². The summed E-state index contributed by atoms with van der Waals surface area (Å²) in [5.41, 5.74) is 1.27. The van der Waals surface area contributed by atoms with E-state index in [0.29, 0.717) is 24.4 Å². The number of aromatic nitrogens is 1. The van der Waals surface area contributed by atoms with E-state index in [1.807, 2.05) is 0 Å². The van der Waals surface area contributed by atoms with Gasteiger partial charge in [0.05, 0.1) is 18.4 Å². The number of carbonyl (C=O) groups is 1. The van der Waals surface area contributed by atoms with Crippen LogP contribution >= 0.6 is 0 Å². The maximum absolute atomic E-state index is 11.1. The minimum atomic E-state index is -0.779. The van der Waals surface area contributed by atoms with Crippen LogP contribution in [-0.2, 0) is 22.1 Å². The van der Waals surface area contributed by atoms with Crippen LogP contribution in [0, 0.1) is 0 Å². The predicted molar refractivity (Wildman–Crippen MR) is 66.2 cm³/mol. The smallest absolute Gasteiger partial charge is 0.339 e. The highest BCUT2D eigenvalue weighted by atomic mass is 32.2. The molecule has 1 heterocycles. The first kappa shape index (κ1) is 13.8. The molecule has 0 saturated carbocycles. The third-order valence-electron chi connectivity index (χ3n) is 2.12. The van der Waals surface area contributed by atoms with Crippen LogP contribution in [-0.4, -0.2) is 40.8 Å². The molecule has 1 aromatic rings. The van der Waals surface area contributed by atoms with Crippen LogP contribution in [0.1, 0.15) is 16.1 Å². The van der Waals surface area contributed by atoms with E-state index in [2.05, 4.69) is 15.0 Å². The molecule has 0 bridgehead atoms. The lowest BCUT2D eigenvalue weighted by atomic mass is 10.2. The molecule has 1 atom stereocenters. The van der Waals surface area contributed by atoms with Crippen LogP contribution in [0.4, 0.5) is 0 Å². The molecule has 17 heavy (non-hydrogen) atoms. The number of rotatable bonds is 6. The molecule has 0 aromatic carbocycles. The zero-order valence-corrected chi connectivity index (χ0v) is 10.8. The van der Waals surface area contributed by atoms with Crippen molar-refractivity contribution in [2.24, 2.45) is 0 Å². The van der Waals surface area contributed by atoms with Crippen LogP contribution in [0.25, 0.3) is 0 Å². The number of nitrogens with zero attached hydrogens (tertiary/aromatic N) is 1. The van der Waals surface area contributed by atoms with Crippen LogP contribution < -0.4 is 5.32 Å². The highest BCUT2D eigenvalue weighted by molar-refractivity contribution is 7.84. The molecule has 0 radical (unpaired) electrons. The van der Waals surface area contributed by atoms with Gasteiger partial charge in [0.15, 0.2) is 0 Å². The number of hydrogen-bond donors (Lipinski definition) is 1. The lowest BCUT2D eigenvalue weighted by Gasteiger charge is -2.04. The van der Waals surface area contributed by atoms with Gasteiger partial charge in [-0.15, -0.1) is 0 Å². The van der Waals surface area contributed by atoms with E-state index in [1.54, 1.807) is 18.4 Å². The maximum Gasteiger partial charge on any atom is 0.339 e. The number of esters is 1. The Hall–Kier alpha value is -1.27. The van der Waals surface area contributed by atoms with Gasteiger partial charge in [0.1, 0.15) is 0 Å². The summed E-state index contributed by atoms with van der Waals surface area (Å²) in [5, 5.41) is 3.12. The third-order valence-corrected chi connectivity index (χ3v) is 2.90. The van der Waals surface area contributed by atoms with Gasteiger partial charge in [0, 0.05) is 42.1 Å². The SMILES string of the molecule is COC(=O)c1ccc(CNCCS(C)=O)nc1. The van der Waals surface area contributed by atoms with Crippen molar-refractivity contribution in [2.75, 3.05) is 25.7 Å². The summed E-state index contributed by atoms with van der Waals surface area (Å²) in [7, 11) is 0.557. The number of pyridine rings is 1. The molecule has 1 N–H and O–H groups in total. The first-order valence-corrected chi connectivity index (χ1v) is 6.90. The van der Waals surface area contributed by atoms with E-state index >= 15 is 0 Å². The average Bonchev–Trinajstić information content (AvgIpc) is 2.34. The van der Waals surface area contributed by atoms with E-state index in [1.165, 1.54) is 13.3 Å². The molecule has 0 spiro atoms. The largest absolute Gasteiger partial charge is 0.465 e. The molecule has 0 aliphatic rings. The number of nitrogens with one attached hydrogen (secondary N) is 1. The Morgan fingerprint density at radius 1 is 1.53 bits per heavy atom. The zero-order chi connectivity index (χ0) is 12.7.